The van der Waals surface area contributed by atoms with Crippen molar-refractivity contribution in [2.24, 2.45) is 0 Å². The molecule has 2 aromatic rings. The third-order valence-corrected chi connectivity index (χ3v) is 3.83. The molecule has 0 unspecified atom stereocenters. The number of carbonyl (C=O) groups is 3. The third-order valence-electron chi connectivity index (χ3n) is 2.97. The fourth-order valence-corrected chi connectivity index (χ4v) is 2.63. The molecular formula is C16H12BrClN2O5. The van der Waals surface area contributed by atoms with E-state index in [0.717, 1.165) is 0 Å². The molecule has 0 saturated heterocycles. The maximum Gasteiger partial charge on any atom is 0.336 e. The molecule has 0 fully saturated rings. The number of nitrogens with one attached hydrogen (secondary N) is 2. The highest BCUT2D eigenvalue weighted by Crippen LogP contribution is 2.27. The average molecular weight is 428 g/mol. The number of hydrogen-bond donors (Lipinski definition) is 3. The van der Waals surface area contributed by atoms with E-state index in [2.05, 4.69) is 26.8 Å². The number of aromatic carboxylic acids is 1. The monoisotopic (exact) mass is 426 g/mol. The molecule has 0 radical (unpaired) electrons. The van der Waals surface area contributed by atoms with E-state index in [1.807, 2.05) is 0 Å². The van der Waals surface area contributed by atoms with Crippen molar-refractivity contribution in [1.82, 2.24) is 10.9 Å². The second-order valence-corrected chi connectivity index (χ2v) is 6.01. The van der Waals surface area contributed by atoms with Crippen molar-refractivity contribution < 1.29 is 24.2 Å². The molecule has 9 heteroatoms. The maximum absolute atomic E-state index is 12.0. The highest BCUT2D eigenvalue weighted by atomic mass is 79.9. The molecule has 0 bridgehead atoms. The number of carboxylic acids is 1. The van der Waals surface area contributed by atoms with Crippen molar-refractivity contribution in [2.45, 2.75) is 0 Å². The smallest absolute Gasteiger partial charge is 0.336 e. The van der Waals surface area contributed by atoms with E-state index in [0.29, 0.717) is 15.2 Å². The SMILES string of the molecule is O=C(COc1ccc(Cl)cc1Br)NNC(=O)c1ccccc1C(=O)O. The summed E-state index contributed by atoms with van der Waals surface area (Å²) < 4.78 is 5.87. The molecule has 0 spiro atoms. The first kappa shape index (κ1) is 18.8. The first-order valence-corrected chi connectivity index (χ1v) is 8.05. The average Bonchev–Trinajstić information content (AvgIpc) is 2.58. The van der Waals surface area contributed by atoms with Gasteiger partial charge in [0, 0.05) is 5.02 Å². The van der Waals surface area contributed by atoms with Crippen LogP contribution in [-0.4, -0.2) is 29.5 Å². The number of hydrogen-bond acceptors (Lipinski definition) is 4. The minimum Gasteiger partial charge on any atom is -0.483 e. The fourth-order valence-electron chi connectivity index (χ4n) is 1.83. The summed E-state index contributed by atoms with van der Waals surface area (Å²) in [6.07, 6.45) is 0. The second kappa shape index (κ2) is 8.50. The lowest BCUT2D eigenvalue weighted by atomic mass is 10.1. The van der Waals surface area contributed by atoms with E-state index >= 15 is 0 Å². The molecule has 0 heterocycles. The summed E-state index contributed by atoms with van der Waals surface area (Å²) in [7, 11) is 0. The van der Waals surface area contributed by atoms with Gasteiger partial charge in [0.25, 0.3) is 11.8 Å². The number of benzene rings is 2. The van der Waals surface area contributed by atoms with Gasteiger partial charge in [-0.3, -0.25) is 20.4 Å². The normalized spacial score (nSPS) is 10.0. The molecule has 2 rings (SSSR count). The Labute approximate surface area is 156 Å². The van der Waals surface area contributed by atoms with Gasteiger partial charge in [0.05, 0.1) is 15.6 Å². The molecular weight excluding hydrogens is 416 g/mol. The summed E-state index contributed by atoms with van der Waals surface area (Å²) in [4.78, 5) is 34.8. The van der Waals surface area contributed by atoms with Crippen LogP contribution >= 0.6 is 27.5 Å². The standard InChI is InChI=1S/C16H12BrClN2O5/c17-12-7-9(18)5-6-13(12)25-8-14(21)19-20-15(22)10-3-1-2-4-11(10)16(23)24/h1-7H,8H2,(H,19,21)(H,20,22)(H,23,24). The fraction of sp³-hybridized carbons (Fsp3) is 0.0625. The molecule has 7 nitrogen and oxygen atoms in total. The summed E-state index contributed by atoms with van der Waals surface area (Å²) in [6.45, 7) is -0.360. The molecule has 0 aliphatic heterocycles. The molecule has 130 valence electrons. The molecule has 0 aliphatic rings. The summed E-state index contributed by atoms with van der Waals surface area (Å²) in [6, 6.07) is 10.4. The van der Waals surface area contributed by atoms with Gasteiger partial charge >= 0.3 is 5.97 Å². The highest BCUT2D eigenvalue weighted by molar-refractivity contribution is 9.10. The van der Waals surface area contributed by atoms with Crippen LogP contribution in [0.4, 0.5) is 0 Å². The number of halogens is 2. The van der Waals surface area contributed by atoms with E-state index in [1.54, 1.807) is 18.2 Å². The van der Waals surface area contributed by atoms with Gasteiger partial charge in [-0.05, 0) is 46.3 Å². The highest BCUT2D eigenvalue weighted by Gasteiger charge is 2.16. The van der Waals surface area contributed by atoms with E-state index < -0.39 is 17.8 Å². The number of hydrazine groups is 1. The van der Waals surface area contributed by atoms with Crippen LogP contribution in [0.25, 0.3) is 0 Å². The van der Waals surface area contributed by atoms with Gasteiger partial charge in [-0.15, -0.1) is 0 Å². The molecule has 2 aromatic carbocycles. The van der Waals surface area contributed by atoms with Gasteiger partial charge in [0.15, 0.2) is 6.61 Å². The molecule has 2 amide bonds. The van der Waals surface area contributed by atoms with E-state index in [4.69, 9.17) is 21.4 Å². The number of ether oxygens (including phenoxy) is 1. The Balaban J connectivity index is 1.90. The van der Waals surface area contributed by atoms with Gasteiger partial charge in [-0.2, -0.15) is 0 Å². The number of rotatable bonds is 5. The molecule has 0 aromatic heterocycles. The van der Waals surface area contributed by atoms with Gasteiger partial charge in [-0.25, -0.2) is 4.79 Å². The first-order chi connectivity index (χ1) is 11.9. The van der Waals surface area contributed by atoms with Gasteiger partial charge in [0.2, 0.25) is 0 Å². The van der Waals surface area contributed by atoms with E-state index in [1.165, 1.54) is 24.3 Å². The van der Waals surface area contributed by atoms with E-state index in [-0.39, 0.29) is 17.7 Å². The number of carboxylic acid groups (broad SMARTS) is 1. The minimum absolute atomic E-state index is 0.0725. The van der Waals surface area contributed by atoms with Crippen LogP contribution in [0.2, 0.25) is 5.02 Å². The Morgan fingerprint density at radius 1 is 1.08 bits per heavy atom. The summed E-state index contributed by atoms with van der Waals surface area (Å²) in [5.41, 5.74) is 4.05. The lowest BCUT2D eigenvalue weighted by Crippen LogP contribution is -2.44. The van der Waals surface area contributed by atoms with E-state index in [9.17, 15) is 14.4 Å². The van der Waals surface area contributed by atoms with Gasteiger partial charge < -0.3 is 9.84 Å². The minimum atomic E-state index is -1.24. The van der Waals surface area contributed by atoms with Crippen LogP contribution in [0.1, 0.15) is 20.7 Å². The number of amides is 2. The zero-order chi connectivity index (χ0) is 18.4. The van der Waals surface area contributed by atoms with Crippen molar-refractivity contribution >= 4 is 45.3 Å². The largest absolute Gasteiger partial charge is 0.483 e. The topological polar surface area (TPSA) is 105 Å². The number of carbonyl (C=O) groups excluding carboxylic acids is 2. The van der Waals surface area contributed by atoms with Crippen molar-refractivity contribution in [2.75, 3.05) is 6.61 Å². The zero-order valence-corrected chi connectivity index (χ0v) is 14.9. The van der Waals surface area contributed by atoms with Crippen molar-refractivity contribution in [3.05, 3.63) is 63.1 Å². The first-order valence-electron chi connectivity index (χ1n) is 6.88. The molecule has 3 N–H and O–H groups in total. The molecule has 25 heavy (non-hydrogen) atoms. The van der Waals surface area contributed by atoms with Crippen LogP contribution in [0, 0.1) is 0 Å². The summed E-state index contributed by atoms with van der Waals surface area (Å²) in [5, 5.41) is 9.55. The zero-order valence-electron chi connectivity index (χ0n) is 12.6. The second-order valence-electron chi connectivity index (χ2n) is 4.72. The Morgan fingerprint density at radius 2 is 1.76 bits per heavy atom. The van der Waals surface area contributed by atoms with Crippen LogP contribution < -0.4 is 15.6 Å². The summed E-state index contributed by atoms with van der Waals surface area (Å²) in [5.74, 6) is -2.21. The predicted octanol–water partition coefficient (Wildman–Crippen LogP) is 2.64. The van der Waals surface area contributed by atoms with Crippen molar-refractivity contribution in [3.63, 3.8) is 0 Å². The van der Waals surface area contributed by atoms with Crippen LogP contribution in [0.5, 0.6) is 5.75 Å². The van der Waals surface area contributed by atoms with Crippen molar-refractivity contribution in [3.8, 4) is 5.75 Å². The Kier molecular flexibility index (Phi) is 6.37. The molecule has 0 saturated carbocycles. The Morgan fingerprint density at radius 3 is 2.40 bits per heavy atom. The van der Waals surface area contributed by atoms with Crippen LogP contribution in [0.3, 0.4) is 0 Å². The lowest BCUT2D eigenvalue weighted by molar-refractivity contribution is -0.123. The van der Waals surface area contributed by atoms with Gasteiger partial charge in [0.1, 0.15) is 5.75 Å². The molecule has 0 atom stereocenters. The Hall–Kier alpha value is -2.58. The Bertz CT molecular complexity index is 828. The van der Waals surface area contributed by atoms with Crippen LogP contribution in [-0.2, 0) is 4.79 Å². The maximum atomic E-state index is 12.0. The lowest BCUT2D eigenvalue weighted by Gasteiger charge is -2.11. The van der Waals surface area contributed by atoms with Crippen molar-refractivity contribution in [1.29, 1.82) is 0 Å². The van der Waals surface area contributed by atoms with Gasteiger partial charge in [-0.1, -0.05) is 23.7 Å². The predicted molar refractivity (Wildman–Crippen MR) is 93.7 cm³/mol. The quantitative estimate of drug-likeness (QED) is 0.636. The molecule has 0 aliphatic carbocycles. The third kappa shape index (κ3) is 5.20. The van der Waals surface area contributed by atoms with Crippen LogP contribution in [0.15, 0.2) is 46.9 Å². The summed E-state index contributed by atoms with van der Waals surface area (Å²) >= 11 is 9.05.